The van der Waals surface area contributed by atoms with Gasteiger partial charge in [0.15, 0.2) is 0 Å². The van der Waals surface area contributed by atoms with Crippen LogP contribution in [0, 0.1) is 0 Å². The fourth-order valence-electron chi connectivity index (χ4n) is 1.37. The molecule has 0 aromatic heterocycles. The lowest BCUT2D eigenvalue weighted by molar-refractivity contribution is 1.26. The zero-order chi connectivity index (χ0) is 12.8. The van der Waals surface area contributed by atoms with E-state index in [1.54, 1.807) is 12.4 Å². The summed E-state index contributed by atoms with van der Waals surface area (Å²) in [6, 6.07) is 14.8. The second-order valence-corrected chi connectivity index (χ2v) is 4.47. The van der Waals surface area contributed by atoms with Crippen LogP contribution >= 0.6 is 35.6 Å². The Labute approximate surface area is 128 Å². The zero-order valence-electron chi connectivity index (χ0n) is 9.83. The molecule has 5 heteroatoms. The molecule has 0 fully saturated rings. The fraction of sp³-hybridized carbons (Fsp3) is 0. The predicted octanol–water partition coefficient (Wildman–Crippen LogP) is 4.87. The molecular weight excluding hydrogens is 303 g/mol. The topological polar surface area (TPSA) is 24.7 Å². The maximum atomic E-state index is 5.86. The Balaban J connectivity index is 0.00000180. The minimum absolute atomic E-state index is 0. The minimum Gasteiger partial charge on any atom is -0.159 e. The normalized spacial score (nSPS) is 10.8. The second-order valence-electron chi connectivity index (χ2n) is 3.60. The van der Waals surface area contributed by atoms with E-state index in [0.29, 0.717) is 10.0 Å². The number of hydrogen-bond donors (Lipinski definition) is 0. The Morgan fingerprint density at radius 3 is 1.53 bits per heavy atom. The number of nitrogens with zero attached hydrogens (tertiary/aromatic N) is 2. The molecule has 2 nitrogen and oxygen atoms in total. The zero-order valence-corrected chi connectivity index (χ0v) is 12.2. The second kappa shape index (κ2) is 7.95. The van der Waals surface area contributed by atoms with Crippen LogP contribution < -0.4 is 0 Å². The van der Waals surface area contributed by atoms with Gasteiger partial charge in [0.25, 0.3) is 0 Å². The van der Waals surface area contributed by atoms with Crippen molar-refractivity contribution in [2.45, 2.75) is 0 Å². The highest BCUT2D eigenvalue weighted by molar-refractivity contribution is 6.31. The Hall–Kier alpha value is -1.35. The standard InChI is InChI=1S/C14H10Cl2N2.ClH/c15-13-5-1-3-11(7-13)9-17-18-10-12-4-2-6-14(16)8-12;/h1-10H;1H/b17-9+,18-10+;. The van der Waals surface area contributed by atoms with Crippen molar-refractivity contribution in [1.82, 2.24) is 0 Å². The summed E-state index contributed by atoms with van der Waals surface area (Å²) < 4.78 is 0. The van der Waals surface area contributed by atoms with E-state index >= 15 is 0 Å². The van der Waals surface area contributed by atoms with Gasteiger partial charge in [-0.3, -0.25) is 0 Å². The van der Waals surface area contributed by atoms with Crippen LogP contribution in [0.15, 0.2) is 58.7 Å². The van der Waals surface area contributed by atoms with Crippen LogP contribution in [0.4, 0.5) is 0 Å². The molecular formula is C14H11Cl3N2. The van der Waals surface area contributed by atoms with Crippen LogP contribution in [0.5, 0.6) is 0 Å². The van der Waals surface area contributed by atoms with Crippen molar-refractivity contribution in [3.63, 3.8) is 0 Å². The van der Waals surface area contributed by atoms with E-state index in [-0.39, 0.29) is 12.4 Å². The lowest BCUT2D eigenvalue weighted by Crippen LogP contribution is -1.81. The summed E-state index contributed by atoms with van der Waals surface area (Å²) >= 11 is 11.7. The average Bonchev–Trinajstić information content (AvgIpc) is 2.35. The molecule has 0 saturated heterocycles. The molecule has 0 N–H and O–H groups in total. The first-order valence-corrected chi connectivity index (χ1v) is 6.07. The van der Waals surface area contributed by atoms with Crippen LogP contribution in [0.25, 0.3) is 0 Å². The largest absolute Gasteiger partial charge is 0.159 e. The highest BCUT2D eigenvalue weighted by Gasteiger charge is 1.90. The van der Waals surface area contributed by atoms with Crippen LogP contribution in [0.1, 0.15) is 11.1 Å². The Morgan fingerprint density at radius 1 is 0.737 bits per heavy atom. The maximum absolute atomic E-state index is 5.86. The van der Waals surface area contributed by atoms with Gasteiger partial charge in [0.2, 0.25) is 0 Å². The van der Waals surface area contributed by atoms with E-state index in [4.69, 9.17) is 23.2 Å². The minimum atomic E-state index is 0. The molecule has 19 heavy (non-hydrogen) atoms. The van der Waals surface area contributed by atoms with Gasteiger partial charge in [-0.2, -0.15) is 10.2 Å². The first-order chi connectivity index (χ1) is 8.74. The van der Waals surface area contributed by atoms with Crippen LogP contribution in [0.3, 0.4) is 0 Å². The summed E-state index contributed by atoms with van der Waals surface area (Å²) in [6.07, 6.45) is 3.29. The van der Waals surface area contributed by atoms with E-state index in [1.165, 1.54) is 0 Å². The molecule has 0 amide bonds. The summed E-state index contributed by atoms with van der Waals surface area (Å²) in [4.78, 5) is 0. The molecule has 0 spiro atoms. The van der Waals surface area contributed by atoms with Gasteiger partial charge in [-0.25, -0.2) is 0 Å². The first-order valence-electron chi connectivity index (χ1n) is 5.31. The summed E-state index contributed by atoms with van der Waals surface area (Å²) in [6.45, 7) is 0. The van der Waals surface area contributed by atoms with Gasteiger partial charge in [0.05, 0.1) is 12.4 Å². The molecule has 0 atom stereocenters. The monoisotopic (exact) mass is 312 g/mol. The molecule has 0 heterocycles. The molecule has 2 aromatic rings. The van der Waals surface area contributed by atoms with Gasteiger partial charge >= 0.3 is 0 Å². The van der Waals surface area contributed by atoms with Crippen molar-refractivity contribution in [3.05, 3.63) is 69.7 Å². The molecule has 2 rings (SSSR count). The number of hydrogen-bond acceptors (Lipinski definition) is 2. The summed E-state index contributed by atoms with van der Waals surface area (Å²) in [7, 11) is 0. The first kappa shape index (κ1) is 15.7. The van der Waals surface area contributed by atoms with Crippen molar-refractivity contribution >= 4 is 48.0 Å². The van der Waals surface area contributed by atoms with Crippen LogP contribution in [-0.4, -0.2) is 12.4 Å². The lowest BCUT2D eigenvalue weighted by atomic mass is 10.2. The molecule has 0 bridgehead atoms. The Bertz CT molecular complexity index is 541. The summed E-state index contributed by atoms with van der Waals surface area (Å²) in [5.41, 5.74) is 1.82. The number of rotatable bonds is 3. The van der Waals surface area contributed by atoms with E-state index < -0.39 is 0 Å². The molecule has 0 aliphatic heterocycles. The lowest BCUT2D eigenvalue weighted by Gasteiger charge is -1.92. The van der Waals surface area contributed by atoms with Gasteiger partial charge in [-0.15, -0.1) is 12.4 Å². The number of benzene rings is 2. The quantitative estimate of drug-likeness (QED) is 0.570. The van der Waals surface area contributed by atoms with Crippen molar-refractivity contribution < 1.29 is 0 Å². The summed E-state index contributed by atoms with van der Waals surface area (Å²) in [5, 5.41) is 9.26. The van der Waals surface area contributed by atoms with E-state index in [2.05, 4.69) is 10.2 Å². The highest BCUT2D eigenvalue weighted by Crippen LogP contribution is 2.10. The third kappa shape index (κ3) is 5.43. The van der Waals surface area contributed by atoms with Crippen molar-refractivity contribution in [1.29, 1.82) is 0 Å². The third-order valence-electron chi connectivity index (χ3n) is 2.18. The molecule has 0 aliphatic rings. The summed E-state index contributed by atoms with van der Waals surface area (Å²) in [5.74, 6) is 0. The SMILES string of the molecule is Cl.Clc1cccc(/C=N/N=C/c2cccc(Cl)c2)c1. The fourth-order valence-corrected chi connectivity index (χ4v) is 1.77. The third-order valence-corrected chi connectivity index (χ3v) is 2.65. The van der Waals surface area contributed by atoms with E-state index in [0.717, 1.165) is 11.1 Å². The Kier molecular flexibility index (Phi) is 6.57. The van der Waals surface area contributed by atoms with Gasteiger partial charge < -0.3 is 0 Å². The van der Waals surface area contributed by atoms with Crippen molar-refractivity contribution in [2.75, 3.05) is 0 Å². The predicted molar refractivity (Wildman–Crippen MR) is 85.3 cm³/mol. The van der Waals surface area contributed by atoms with Gasteiger partial charge in [0, 0.05) is 10.0 Å². The van der Waals surface area contributed by atoms with Crippen molar-refractivity contribution in [3.8, 4) is 0 Å². The molecule has 0 saturated carbocycles. The Morgan fingerprint density at radius 2 is 1.16 bits per heavy atom. The van der Waals surface area contributed by atoms with E-state index in [1.807, 2.05) is 48.5 Å². The molecule has 98 valence electrons. The number of halogens is 3. The van der Waals surface area contributed by atoms with Gasteiger partial charge in [0.1, 0.15) is 0 Å². The van der Waals surface area contributed by atoms with Gasteiger partial charge in [-0.1, -0.05) is 47.5 Å². The average molecular weight is 314 g/mol. The molecule has 2 aromatic carbocycles. The smallest absolute Gasteiger partial charge is 0.0568 e. The maximum Gasteiger partial charge on any atom is 0.0568 e. The van der Waals surface area contributed by atoms with Gasteiger partial charge in [-0.05, 0) is 35.4 Å². The van der Waals surface area contributed by atoms with Crippen molar-refractivity contribution in [2.24, 2.45) is 10.2 Å². The van der Waals surface area contributed by atoms with Crippen LogP contribution in [-0.2, 0) is 0 Å². The van der Waals surface area contributed by atoms with E-state index in [9.17, 15) is 0 Å². The molecule has 0 radical (unpaired) electrons. The van der Waals surface area contributed by atoms with Crippen LogP contribution in [0.2, 0.25) is 10.0 Å². The highest BCUT2D eigenvalue weighted by atomic mass is 35.5. The molecule has 0 unspecified atom stereocenters. The molecule has 0 aliphatic carbocycles.